The first-order valence-corrected chi connectivity index (χ1v) is 30.5. The standard InChI is InChI=1S/C49H86O12Si2/c1-43(2,3)62(12,13)52-28-42-45(7,61-63(14,15)44(4,5)6)21-20-32-34(56-42)25-39-48(10,58-32)29-47(9)38(57-39)19-18-31-35(59-47)24-33-36(54-31)27-46(8)40(55-33)26-41-49(11,60-46)37(51)23-30(53-41)17-16-22-50/h20-21,30-42,50-51H,16-19,22-29H2,1-15H3/t30-,31+,32+,33+,34-,35-,36-,37-,38-,39+,40-,41+,42+,45-,46+,47+,48-,49-/m0/s1. The van der Waals surface area contributed by atoms with Crippen molar-refractivity contribution >= 4 is 16.6 Å². The van der Waals surface area contributed by atoms with Crippen LogP contribution in [0.15, 0.2) is 12.2 Å². The van der Waals surface area contributed by atoms with Crippen LogP contribution in [0.5, 0.6) is 0 Å². The second-order valence-electron chi connectivity index (χ2n) is 25.1. The van der Waals surface area contributed by atoms with Crippen molar-refractivity contribution in [1.29, 1.82) is 0 Å². The number of aliphatic hydroxyl groups is 2. The summed E-state index contributed by atoms with van der Waals surface area (Å²) < 4.78 is 70.7. The van der Waals surface area contributed by atoms with Gasteiger partial charge in [-0.05, 0) is 96.6 Å². The minimum atomic E-state index is -2.23. The molecule has 0 saturated carbocycles. The summed E-state index contributed by atoms with van der Waals surface area (Å²) in [5.41, 5.74) is -3.39. The maximum atomic E-state index is 11.4. The third-order valence-corrected chi connectivity index (χ3v) is 27.1. The minimum absolute atomic E-state index is 0.0179. The number of ether oxygens (including phenoxy) is 8. The Bertz CT molecular complexity index is 1680. The van der Waals surface area contributed by atoms with Crippen LogP contribution in [0.25, 0.3) is 0 Å². The second-order valence-corrected chi connectivity index (χ2v) is 34.7. The smallest absolute Gasteiger partial charge is 0.193 e. The van der Waals surface area contributed by atoms with Crippen molar-refractivity contribution in [2.24, 2.45) is 0 Å². The molecule has 0 bridgehead atoms. The van der Waals surface area contributed by atoms with Gasteiger partial charge >= 0.3 is 0 Å². The molecule has 14 heteroatoms. The van der Waals surface area contributed by atoms with Gasteiger partial charge in [0.2, 0.25) is 0 Å². The van der Waals surface area contributed by atoms with Gasteiger partial charge in [0.15, 0.2) is 16.6 Å². The summed E-state index contributed by atoms with van der Waals surface area (Å²) in [5, 5.41) is 21.0. The SMILES string of the molecule is CC(C)(C)[Si](C)(C)OC[C@H]1O[C@H]2C[C@H]3O[C@H]4CC[C@H]5O[C@H]6C[C@@]7(C)O[C@@]8(C)[C@@H](O)C[C@H](CCCO)O[C@@H]8C[C@@H]7O[C@@H]6C[C@@H]5O[C@]4(C)C[C@]3(C)O[C@@H]2C=C[C@]1(C)O[Si](C)(C)C(C)(C)C. The van der Waals surface area contributed by atoms with Gasteiger partial charge in [-0.1, -0.05) is 53.7 Å². The summed E-state index contributed by atoms with van der Waals surface area (Å²) in [7, 11) is -4.33. The molecule has 2 N–H and O–H groups in total. The topological polar surface area (TPSA) is 133 Å². The van der Waals surface area contributed by atoms with E-state index in [2.05, 4.69) is 108 Å². The average Bonchev–Trinajstić information content (AvgIpc) is 3.36. The van der Waals surface area contributed by atoms with Gasteiger partial charge in [-0.25, -0.2) is 0 Å². The number of hydrogen-bond donors (Lipinski definition) is 2. The van der Waals surface area contributed by atoms with E-state index in [1.165, 1.54) is 0 Å². The third-order valence-electron chi connectivity index (χ3n) is 18.0. The highest BCUT2D eigenvalue weighted by atomic mass is 28.4. The van der Waals surface area contributed by atoms with E-state index in [9.17, 15) is 10.2 Å². The van der Waals surface area contributed by atoms with Gasteiger partial charge in [-0.15, -0.1) is 0 Å². The maximum absolute atomic E-state index is 11.4. The number of fused-ring (bicyclic) bond motifs is 7. The quantitative estimate of drug-likeness (QED) is 0.179. The van der Waals surface area contributed by atoms with Crippen molar-refractivity contribution in [3.8, 4) is 0 Å². The van der Waals surface area contributed by atoms with Gasteiger partial charge in [0, 0.05) is 45.1 Å². The van der Waals surface area contributed by atoms with E-state index in [4.69, 9.17) is 46.7 Å². The summed E-state index contributed by atoms with van der Waals surface area (Å²) in [5.74, 6) is 0. The Morgan fingerprint density at radius 3 is 2.03 bits per heavy atom. The zero-order valence-electron chi connectivity index (χ0n) is 41.6. The molecule has 8 rings (SSSR count). The molecule has 362 valence electrons. The van der Waals surface area contributed by atoms with Crippen molar-refractivity contribution < 1.29 is 57.0 Å². The van der Waals surface area contributed by atoms with E-state index in [0.717, 1.165) is 19.3 Å². The molecule has 8 aliphatic rings. The van der Waals surface area contributed by atoms with E-state index >= 15 is 0 Å². The van der Waals surface area contributed by atoms with Crippen LogP contribution in [-0.4, -0.2) is 147 Å². The molecule has 0 aromatic carbocycles. The average molecular weight is 923 g/mol. The molecule has 0 aliphatic carbocycles. The molecular formula is C49H86O12Si2. The predicted molar refractivity (Wildman–Crippen MR) is 246 cm³/mol. The maximum Gasteiger partial charge on any atom is 0.193 e. The molecule has 8 heterocycles. The lowest BCUT2D eigenvalue weighted by molar-refractivity contribution is -0.369. The molecule has 18 atom stereocenters. The molecular weight excluding hydrogens is 837 g/mol. The van der Waals surface area contributed by atoms with Gasteiger partial charge in [-0.3, -0.25) is 0 Å². The van der Waals surface area contributed by atoms with Crippen LogP contribution in [-0.2, 0) is 46.7 Å². The largest absolute Gasteiger partial charge is 0.414 e. The van der Waals surface area contributed by atoms with Crippen LogP contribution >= 0.6 is 0 Å². The molecule has 0 aromatic rings. The fraction of sp³-hybridized carbons (Fsp3) is 0.959. The first-order valence-electron chi connectivity index (χ1n) is 24.7. The Hall–Kier alpha value is -0.306. The van der Waals surface area contributed by atoms with E-state index in [0.29, 0.717) is 51.6 Å². The fourth-order valence-electron chi connectivity index (χ4n) is 11.9. The van der Waals surface area contributed by atoms with E-state index in [1.807, 2.05) is 6.92 Å². The monoisotopic (exact) mass is 923 g/mol. The number of aliphatic hydroxyl groups excluding tert-OH is 2. The molecule has 0 aromatic heterocycles. The van der Waals surface area contributed by atoms with Crippen molar-refractivity contribution in [3.63, 3.8) is 0 Å². The molecule has 12 nitrogen and oxygen atoms in total. The second kappa shape index (κ2) is 16.7. The predicted octanol–water partition coefficient (Wildman–Crippen LogP) is 8.30. The minimum Gasteiger partial charge on any atom is -0.414 e. The Labute approximate surface area is 381 Å². The first-order chi connectivity index (χ1) is 29.0. The van der Waals surface area contributed by atoms with Crippen LogP contribution in [0.3, 0.4) is 0 Å². The molecule has 0 radical (unpaired) electrons. The number of rotatable bonds is 8. The summed E-state index contributed by atoms with van der Waals surface area (Å²) in [6.07, 6.45) is 8.34. The van der Waals surface area contributed by atoms with Crippen molar-refractivity contribution in [3.05, 3.63) is 12.2 Å². The van der Waals surface area contributed by atoms with Crippen LogP contribution < -0.4 is 0 Å². The van der Waals surface area contributed by atoms with Crippen LogP contribution in [0.4, 0.5) is 0 Å². The summed E-state index contributed by atoms with van der Waals surface area (Å²) >= 11 is 0. The van der Waals surface area contributed by atoms with Crippen molar-refractivity contribution in [1.82, 2.24) is 0 Å². The zero-order chi connectivity index (χ0) is 46.0. The Kier molecular flexibility index (Phi) is 13.0. The molecule has 0 amide bonds. The highest BCUT2D eigenvalue weighted by Gasteiger charge is 2.65. The van der Waals surface area contributed by atoms with E-state index in [1.54, 1.807) is 0 Å². The van der Waals surface area contributed by atoms with Gasteiger partial charge in [0.05, 0.1) is 90.6 Å². The Balaban J connectivity index is 0.978. The van der Waals surface area contributed by atoms with Crippen LogP contribution in [0, 0.1) is 0 Å². The van der Waals surface area contributed by atoms with Gasteiger partial charge in [0.25, 0.3) is 0 Å². The molecule has 7 fully saturated rings. The molecule has 0 unspecified atom stereocenters. The van der Waals surface area contributed by atoms with Gasteiger partial charge < -0.3 is 57.0 Å². The molecule has 63 heavy (non-hydrogen) atoms. The normalized spacial score (nSPS) is 49.1. The summed E-state index contributed by atoms with van der Waals surface area (Å²) in [4.78, 5) is 0. The van der Waals surface area contributed by atoms with Crippen molar-refractivity contribution in [2.45, 2.75) is 284 Å². The third kappa shape index (κ3) is 9.07. The summed E-state index contributed by atoms with van der Waals surface area (Å²) in [6.45, 7) is 34.2. The lowest BCUT2D eigenvalue weighted by Gasteiger charge is -2.61. The lowest BCUT2D eigenvalue weighted by Crippen LogP contribution is -2.72. The number of hydrogen-bond acceptors (Lipinski definition) is 12. The van der Waals surface area contributed by atoms with Crippen LogP contribution in [0.2, 0.25) is 36.3 Å². The van der Waals surface area contributed by atoms with Gasteiger partial charge in [0.1, 0.15) is 23.4 Å². The van der Waals surface area contributed by atoms with Crippen LogP contribution in [0.1, 0.15) is 140 Å². The molecule has 7 saturated heterocycles. The van der Waals surface area contributed by atoms with E-state index in [-0.39, 0.29) is 89.9 Å². The van der Waals surface area contributed by atoms with Crippen molar-refractivity contribution in [2.75, 3.05) is 13.2 Å². The first kappa shape index (κ1) is 49.1. The highest BCUT2D eigenvalue weighted by Crippen LogP contribution is 2.54. The Morgan fingerprint density at radius 1 is 0.667 bits per heavy atom. The van der Waals surface area contributed by atoms with Gasteiger partial charge in [-0.2, -0.15) is 0 Å². The van der Waals surface area contributed by atoms with E-state index < -0.39 is 50.7 Å². The molecule has 8 aliphatic heterocycles. The fourth-order valence-corrected chi connectivity index (χ4v) is 14.5. The highest BCUT2D eigenvalue weighted by molar-refractivity contribution is 6.74. The Morgan fingerprint density at radius 2 is 1.35 bits per heavy atom. The summed E-state index contributed by atoms with van der Waals surface area (Å²) in [6, 6.07) is 0. The zero-order valence-corrected chi connectivity index (χ0v) is 43.6. The molecule has 0 spiro atoms. The lowest BCUT2D eigenvalue weighted by atomic mass is 9.72.